The number of anilines is 1. The summed E-state index contributed by atoms with van der Waals surface area (Å²) in [6.45, 7) is 1.41. The second-order valence-electron chi connectivity index (χ2n) is 9.07. The average Bonchev–Trinajstić information content (AvgIpc) is 3.46. The maximum atomic E-state index is 10.6. The van der Waals surface area contributed by atoms with Crippen molar-refractivity contribution < 1.29 is 53.9 Å². The van der Waals surface area contributed by atoms with Crippen LogP contribution in [0.3, 0.4) is 0 Å². The molecule has 13 heteroatoms. The first kappa shape index (κ1) is 32.7. The van der Waals surface area contributed by atoms with Crippen LogP contribution >= 0.6 is 45.9 Å². The van der Waals surface area contributed by atoms with Gasteiger partial charge >= 0.3 is 35.2 Å². The maximum Gasteiger partial charge on any atom is 1.00 e. The number of hydrogen-bond acceptors (Lipinski definition) is 9. The van der Waals surface area contributed by atoms with E-state index in [1.165, 1.54) is 0 Å². The molecule has 3 aromatic rings. The number of carbonyl (C=O) groups excluding carboxylic acids is 2. The minimum Gasteiger partial charge on any atom is -0.550 e. The smallest absolute Gasteiger partial charge is 0.550 e. The topological polar surface area (TPSA) is 113 Å². The molecule has 0 atom stereocenters. The zero-order chi connectivity index (χ0) is 27.8. The molecule has 0 fully saturated rings. The van der Waals surface area contributed by atoms with Gasteiger partial charge in [0.15, 0.2) is 5.82 Å². The van der Waals surface area contributed by atoms with Gasteiger partial charge in [0.25, 0.3) is 0 Å². The van der Waals surface area contributed by atoms with E-state index in [0.29, 0.717) is 36.0 Å². The van der Waals surface area contributed by atoms with E-state index in [-0.39, 0.29) is 42.4 Å². The van der Waals surface area contributed by atoms with E-state index in [9.17, 15) is 19.8 Å². The second-order valence-corrected chi connectivity index (χ2v) is 12.1. The van der Waals surface area contributed by atoms with Crippen LogP contribution in [0.25, 0.3) is 28.6 Å². The van der Waals surface area contributed by atoms with E-state index >= 15 is 0 Å². The summed E-state index contributed by atoms with van der Waals surface area (Å²) in [6, 6.07) is 1.90. The van der Waals surface area contributed by atoms with Crippen molar-refractivity contribution in [3.05, 3.63) is 48.8 Å². The first-order valence-corrected chi connectivity index (χ1v) is 15.1. The van der Waals surface area contributed by atoms with E-state index < -0.39 is 11.9 Å². The van der Waals surface area contributed by atoms with Crippen LogP contribution in [-0.4, -0.2) is 28.5 Å². The number of unbranched alkanes of at least 4 members (excludes halogenated alkanes) is 4. The second kappa shape index (κ2) is 16.0. The monoisotopic (exact) mass is 628 g/mol. The number of carboxylic acid groups (broad SMARTS) is 2. The van der Waals surface area contributed by atoms with Crippen LogP contribution in [0.2, 0.25) is 5.02 Å². The predicted molar refractivity (Wildman–Crippen MR) is 152 cm³/mol. The molecular weight excluding hydrogens is 602 g/mol. The molecule has 1 aliphatic heterocycles. The Bertz CT molecular complexity index is 1540. The molecule has 206 valence electrons. The van der Waals surface area contributed by atoms with Gasteiger partial charge < -0.3 is 24.7 Å². The third-order valence-electron chi connectivity index (χ3n) is 5.98. The number of pyridine rings is 1. The Morgan fingerprint density at radius 1 is 1.00 bits per heavy atom. The summed E-state index contributed by atoms with van der Waals surface area (Å²) in [7, 11) is 0. The van der Waals surface area contributed by atoms with Gasteiger partial charge in [0.1, 0.15) is 15.6 Å². The summed E-state index contributed by atoms with van der Waals surface area (Å²) in [4.78, 5) is 32.8. The van der Waals surface area contributed by atoms with Crippen LogP contribution < -0.4 is 58.4 Å². The van der Waals surface area contributed by atoms with Gasteiger partial charge in [-0.25, -0.2) is 9.55 Å². The number of aliphatic carboxylic acids is 2. The van der Waals surface area contributed by atoms with Crippen molar-refractivity contribution in [2.75, 3.05) is 11.4 Å². The number of nitrogens with zero attached hydrogens (tertiary/aromatic N) is 4. The summed E-state index contributed by atoms with van der Waals surface area (Å²) in [5, 5.41) is 23.3. The standard InChI is InChI=1S/C27H28Cl2N4O4S2.Na/c28-18-14-20-26(32(16-18)12-5-1-3-10-24(34)35)30-22(38-20)8-7-9-23-31-27-21(39-23)15-19(29)17-33(27)13-6-2-4-11-25(36)37;/h7-9,14-17H,1-6,10-13H2,(H-,34,35,36,37);/q;+1/p-1. The number of thiazole rings is 2. The Kier molecular flexibility index (Phi) is 13.1. The number of carbonyl (C=O) groups is 2. The first-order chi connectivity index (χ1) is 18.8. The number of aryl methyl sites for hydroxylation is 1. The van der Waals surface area contributed by atoms with E-state index in [0.717, 1.165) is 56.1 Å². The van der Waals surface area contributed by atoms with Gasteiger partial charge in [-0.05, 0) is 68.1 Å². The molecule has 0 N–H and O–H groups in total. The van der Waals surface area contributed by atoms with Crippen LogP contribution in [0.5, 0.6) is 0 Å². The van der Waals surface area contributed by atoms with Gasteiger partial charge in [-0.2, -0.15) is 0 Å². The van der Waals surface area contributed by atoms with Crippen molar-refractivity contribution in [2.24, 2.45) is 0 Å². The third kappa shape index (κ3) is 9.65. The van der Waals surface area contributed by atoms with Crippen molar-refractivity contribution in [3.63, 3.8) is 0 Å². The Labute approximate surface area is 272 Å². The third-order valence-corrected chi connectivity index (χ3v) is 8.31. The van der Waals surface area contributed by atoms with Gasteiger partial charge in [0.05, 0.1) is 21.1 Å². The van der Waals surface area contributed by atoms with Crippen molar-refractivity contribution in [3.8, 4) is 0 Å². The number of carboxylic acids is 2. The van der Waals surface area contributed by atoms with Crippen LogP contribution in [-0.2, 0) is 16.1 Å². The summed E-state index contributed by atoms with van der Waals surface area (Å²) in [5.74, 6) is -1.19. The van der Waals surface area contributed by atoms with E-state index in [4.69, 9.17) is 33.2 Å². The molecule has 0 saturated carbocycles. The van der Waals surface area contributed by atoms with Gasteiger partial charge in [0, 0.05) is 30.8 Å². The van der Waals surface area contributed by atoms with E-state index in [2.05, 4.69) is 0 Å². The minimum atomic E-state index is -1.02. The Morgan fingerprint density at radius 2 is 1.73 bits per heavy atom. The van der Waals surface area contributed by atoms with Gasteiger partial charge in [-0.15, -0.1) is 11.3 Å². The molecule has 1 aliphatic rings. The zero-order valence-electron chi connectivity index (χ0n) is 22.1. The number of hydrogen-bond donors (Lipinski definition) is 0. The van der Waals surface area contributed by atoms with Crippen molar-refractivity contribution in [1.82, 2.24) is 9.97 Å². The number of halogens is 2. The molecule has 0 bridgehead atoms. The quantitative estimate of drug-likeness (QED) is 0.134. The van der Waals surface area contributed by atoms with Gasteiger partial charge in [0.2, 0.25) is 5.01 Å². The normalized spacial score (nSPS) is 13.3. The largest absolute Gasteiger partial charge is 1.00 e. The molecule has 40 heavy (non-hydrogen) atoms. The predicted octanol–water partition coefficient (Wildman–Crippen LogP) is -0.507. The molecule has 0 aliphatic carbocycles. The fourth-order valence-electron chi connectivity index (χ4n) is 4.18. The number of aromatic nitrogens is 3. The zero-order valence-corrected chi connectivity index (χ0v) is 27.3. The summed E-state index contributed by atoms with van der Waals surface area (Å²) in [6.07, 6.45) is 16.0. The van der Waals surface area contributed by atoms with Crippen molar-refractivity contribution in [2.45, 2.75) is 57.9 Å². The summed E-state index contributed by atoms with van der Waals surface area (Å²) < 4.78 is 4.81. The van der Waals surface area contributed by atoms with Crippen molar-refractivity contribution >= 4 is 92.2 Å². The maximum absolute atomic E-state index is 10.6. The molecule has 0 amide bonds. The SMILES string of the molecule is O=C([O-])CCCCCN1C=C(Cl)C=c2s/c(=C\C=C\c3nc4c(cc(Cl)c[n+]4CCCCCC(=O)[O-])s3)nc21.[Na+]. The van der Waals surface area contributed by atoms with Crippen LogP contribution in [0.4, 0.5) is 5.82 Å². The molecule has 0 aromatic carbocycles. The molecular formula is C27H27Cl2N4NaO4S2. The van der Waals surface area contributed by atoms with E-state index in [1.807, 2.05) is 52.2 Å². The molecule has 4 heterocycles. The fourth-order valence-corrected chi connectivity index (χ4v) is 6.65. The Balaban J connectivity index is 0.00000441. The molecule has 0 saturated heterocycles. The molecule has 0 unspecified atom stereocenters. The average molecular weight is 630 g/mol. The molecule has 3 aromatic heterocycles. The molecule has 0 spiro atoms. The van der Waals surface area contributed by atoms with E-state index in [1.54, 1.807) is 22.7 Å². The van der Waals surface area contributed by atoms with Gasteiger partial charge in [-0.1, -0.05) is 47.0 Å². The van der Waals surface area contributed by atoms with Crippen LogP contribution in [0, 0.1) is 0 Å². The Morgan fingerprint density at radius 3 is 2.45 bits per heavy atom. The summed E-state index contributed by atoms with van der Waals surface area (Å²) >= 11 is 15.7. The fraction of sp³-hybridized carbons (Fsp3) is 0.370. The first-order valence-electron chi connectivity index (χ1n) is 12.7. The van der Waals surface area contributed by atoms with Crippen molar-refractivity contribution in [1.29, 1.82) is 0 Å². The minimum absolute atomic E-state index is 0. The van der Waals surface area contributed by atoms with Crippen LogP contribution in [0.15, 0.2) is 29.6 Å². The number of rotatable bonds is 14. The van der Waals surface area contributed by atoms with Gasteiger partial charge in [-0.3, -0.25) is 0 Å². The molecule has 4 rings (SSSR count). The number of fused-ring (bicyclic) bond motifs is 2. The molecule has 8 nitrogen and oxygen atoms in total. The summed E-state index contributed by atoms with van der Waals surface area (Å²) in [5.41, 5.74) is 0.847. The number of allylic oxidation sites excluding steroid dienone is 2. The molecule has 0 radical (unpaired) electrons. The Hall–Kier alpha value is -1.79. The van der Waals surface area contributed by atoms with Crippen LogP contribution in [0.1, 0.15) is 56.4 Å².